The van der Waals surface area contributed by atoms with E-state index in [2.05, 4.69) is 36.9 Å². The second kappa shape index (κ2) is 9.00. The van der Waals surface area contributed by atoms with Crippen LogP contribution < -0.4 is 15.1 Å². The predicted molar refractivity (Wildman–Crippen MR) is 121 cm³/mol. The fourth-order valence-corrected chi connectivity index (χ4v) is 4.10. The van der Waals surface area contributed by atoms with Crippen molar-refractivity contribution in [3.05, 3.63) is 48.1 Å². The largest absolute Gasteiger partial charge is 0.417 e. The molecule has 1 fully saturated rings. The number of anilines is 2. The SMILES string of the molecule is C=N/C=C(\C=NC)NC(=O)N1c2nc(-c3cncc(C(F)(F)F)c3)ccc2N2CCC[C@H]1C2. The molecule has 2 aromatic rings. The van der Waals surface area contributed by atoms with Crippen molar-refractivity contribution in [2.75, 3.05) is 29.9 Å². The number of rotatable bonds is 4. The van der Waals surface area contributed by atoms with E-state index < -0.39 is 17.8 Å². The first-order valence-electron chi connectivity index (χ1n) is 10.3. The Balaban J connectivity index is 1.76. The van der Waals surface area contributed by atoms with Crippen LogP contribution in [0.3, 0.4) is 0 Å². The van der Waals surface area contributed by atoms with Gasteiger partial charge in [0.15, 0.2) is 5.82 Å². The Kier molecular flexibility index (Phi) is 6.12. The number of fused-ring (bicyclic) bond motifs is 4. The van der Waals surface area contributed by atoms with Gasteiger partial charge in [-0.05, 0) is 37.8 Å². The van der Waals surface area contributed by atoms with E-state index in [0.29, 0.717) is 23.8 Å². The zero-order valence-corrected chi connectivity index (χ0v) is 17.9. The van der Waals surface area contributed by atoms with E-state index in [9.17, 15) is 18.0 Å². The third-order valence-electron chi connectivity index (χ3n) is 5.52. The van der Waals surface area contributed by atoms with Crippen molar-refractivity contribution >= 4 is 30.5 Å². The molecule has 4 rings (SSSR count). The number of halogens is 3. The number of carbonyl (C=O) groups is 1. The maximum Gasteiger partial charge on any atom is 0.417 e. The molecule has 0 unspecified atom stereocenters. The maximum atomic E-state index is 13.3. The molecule has 4 heterocycles. The molecule has 1 N–H and O–H groups in total. The summed E-state index contributed by atoms with van der Waals surface area (Å²) in [7, 11) is 1.56. The highest BCUT2D eigenvalue weighted by molar-refractivity contribution is 6.00. The topological polar surface area (TPSA) is 86.1 Å². The zero-order valence-electron chi connectivity index (χ0n) is 17.9. The van der Waals surface area contributed by atoms with Crippen molar-refractivity contribution in [2.45, 2.75) is 25.1 Å². The van der Waals surface area contributed by atoms with Crippen LogP contribution in [-0.4, -0.2) is 55.1 Å². The molecule has 2 aliphatic rings. The van der Waals surface area contributed by atoms with Gasteiger partial charge in [0.25, 0.3) is 0 Å². The number of allylic oxidation sites excluding steroid dienone is 1. The fourth-order valence-electron chi connectivity index (χ4n) is 4.10. The van der Waals surface area contributed by atoms with Gasteiger partial charge < -0.3 is 10.2 Å². The van der Waals surface area contributed by atoms with Gasteiger partial charge in [-0.3, -0.25) is 19.9 Å². The number of hydrogen-bond donors (Lipinski definition) is 1. The lowest BCUT2D eigenvalue weighted by Crippen LogP contribution is -2.57. The minimum Gasteiger partial charge on any atom is -0.366 e. The van der Waals surface area contributed by atoms with Gasteiger partial charge in [0.1, 0.15) is 0 Å². The molecule has 0 radical (unpaired) electrons. The Bertz CT molecular complexity index is 1130. The first kappa shape index (κ1) is 22.4. The third-order valence-corrected chi connectivity index (χ3v) is 5.52. The van der Waals surface area contributed by atoms with Gasteiger partial charge in [0.05, 0.1) is 34.9 Å². The summed E-state index contributed by atoms with van der Waals surface area (Å²) in [5.74, 6) is 0.387. The van der Waals surface area contributed by atoms with E-state index in [-0.39, 0.29) is 11.6 Å². The third kappa shape index (κ3) is 4.57. The van der Waals surface area contributed by atoms with Crippen LogP contribution in [0.4, 0.5) is 29.5 Å². The van der Waals surface area contributed by atoms with Crippen LogP contribution in [0.15, 0.2) is 52.5 Å². The van der Waals surface area contributed by atoms with E-state index in [4.69, 9.17) is 0 Å². The van der Waals surface area contributed by atoms with E-state index in [0.717, 1.165) is 37.3 Å². The van der Waals surface area contributed by atoms with E-state index >= 15 is 0 Å². The van der Waals surface area contributed by atoms with Crippen molar-refractivity contribution in [3.63, 3.8) is 0 Å². The molecule has 172 valence electrons. The van der Waals surface area contributed by atoms with Crippen LogP contribution in [0.2, 0.25) is 0 Å². The highest BCUT2D eigenvalue weighted by Gasteiger charge is 2.38. The lowest BCUT2D eigenvalue weighted by molar-refractivity contribution is -0.137. The highest BCUT2D eigenvalue weighted by Crippen LogP contribution is 2.40. The molecule has 0 saturated carbocycles. The van der Waals surface area contributed by atoms with Crippen LogP contribution in [0.5, 0.6) is 0 Å². The number of urea groups is 1. The summed E-state index contributed by atoms with van der Waals surface area (Å²) in [6.45, 7) is 4.86. The Morgan fingerprint density at radius 2 is 2.15 bits per heavy atom. The molecule has 2 bridgehead atoms. The standard InChI is InChI=1S/C22H22F3N7O/c1-26-11-16(12-27-2)29-21(33)32-17-4-3-7-31(13-17)19-6-5-18(30-20(19)32)14-8-15(10-28-9-14)22(23,24)25/h5-6,8-12,17H,1,3-4,7,13H2,2H3,(H,29,33)/b16-11+,27-12?/t17-/m0/s1. The number of nitrogens with zero attached hydrogens (tertiary/aromatic N) is 6. The van der Waals surface area contributed by atoms with Gasteiger partial charge in [-0.1, -0.05) is 0 Å². The molecule has 8 nitrogen and oxygen atoms in total. The molecule has 2 aliphatic heterocycles. The summed E-state index contributed by atoms with van der Waals surface area (Å²) < 4.78 is 39.5. The van der Waals surface area contributed by atoms with E-state index in [1.165, 1.54) is 18.6 Å². The molecule has 33 heavy (non-hydrogen) atoms. The second-order valence-corrected chi connectivity index (χ2v) is 7.70. The zero-order chi connectivity index (χ0) is 23.6. The summed E-state index contributed by atoms with van der Waals surface area (Å²) in [4.78, 5) is 32.9. The average Bonchev–Trinajstić information content (AvgIpc) is 2.79. The van der Waals surface area contributed by atoms with Gasteiger partial charge >= 0.3 is 12.2 Å². The molecule has 2 aromatic heterocycles. The van der Waals surface area contributed by atoms with Crippen LogP contribution >= 0.6 is 0 Å². The number of piperidine rings is 1. The number of aliphatic imine (C=N–C) groups is 2. The smallest absolute Gasteiger partial charge is 0.366 e. The van der Waals surface area contributed by atoms with Crippen LogP contribution in [0.25, 0.3) is 11.3 Å². The van der Waals surface area contributed by atoms with Crippen molar-refractivity contribution in [2.24, 2.45) is 9.98 Å². The summed E-state index contributed by atoms with van der Waals surface area (Å²) in [5.41, 5.74) is 0.760. The van der Waals surface area contributed by atoms with Gasteiger partial charge in [-0.2, -0.15) is 13.2 Å². The summed E-state index contributed by atoms with van der Waals surface area (Å²) in [6, 6.07) is 3.88. The Hall–Kier alpha value is -3.76. The molecule has 2 amide bonds. The number of alkyl halides is 3. The Morgan fingerprint density at radius 3 is 2.88 bits per heavy atom. The van der Waals surface area contributed by atoms with E-state index in [1.807, 2.05) is 0 Å². The first-order valence-corrected chi connectivity index (χ1v) is 10.3. The van der Waals surface area contributed by atoms with Gasteiger partial charge in [-0.25, -0.2) is 9.78 Å². The minimum atomic E-state index is -4.52. The first-order chi connectivity index (χ1) is 15.8. The quantitative estimate of drug-likeness (QED) is 0.706. The lowest BCUT2D eigenvalue weighted by atomic mass is 9.99. The number of pyridine rings is 2. The van der Waals surface area contributed by atoms with Crippen molar-refractivity contribution < 1.29 is 18.0 Å². The van der Waals surface area contributed by atoms with Gasteiger partial charge in [0.2, 0.25) is 0 Å². The maximum absolute atomic E-state index is 13.3. The van der Waals surface area contributed by atoms with Gasteiger partial charge in [-0.15, -0.1) is 0 Å². The van der Waals surface area contributed by atoms with Crippen LogP contribution in [0.1, 0.15) is 18.4 Å². The second-order valence-electron chi connectivity index (χ2n) is 7.70. The molecule has 0 spiro atoms. The summed E-state index contributed by atoms with van der Waals surface area (Å²) in [5, 5.41) is 2.77. The normalized spacial score (nSPS) is 18.3. The Morgan fingerprint density at radius 1 is 1.33 bits per heavy atom. The molecule has 1 saturated heterocycles. The minimum absolute atomic E-state index is 0.134. The fraction of sp³-hybridized carbons (Fsp3) is 0.318. The van der Waals surface area contributed by atoms with Crippen molar-refractivity contribution in [1.82, 2.24) is 15.3 Å². The van der Waals surface area contributed by atoms with Crippen LogP contribution in [0, 0.1) is 0 Å². The predicted octanol–water partition coefficient (Wildman–Crippen LogP) is 3.90. The molecular weight excluding hydrogens is 435 g/mol. The molecule has 0 aromatic carbocycles. The monoisotopic (exact) mass is 457 g/mol. The van der Waals surface area contributed by atoms with Crippen molar-refractivity contribution in [1.29, 1.82) is 0 Å². The summed E-state index contributed by atoms with van der Waals surface area (Å²) >= 11 is 0. The van der Waals surface area contributed by atoms with E-state index in [1.54, 1.807) is 24.1 Å². The lowest BCUT2D eigenvalue weighted by Gasteiger charge is -2.45. The molecular formula is C22H22F3N7O. The number of hydrogen-bond acceptors (Lipinski definition) is 6. The molecule has 1 atom stereocenters. The molecule has 11 heteroatoms. The van der Waals surface area contributed by atoms with Crippen LogP contribution in [-0.2, 0) is 6.18 Å². The highest BCUT2D eigenvalue weighted by atomic mass is 19.4. The van der Waals surface area contributed by atoms with Gasteiger partial charge in [0, 0.05) is 44.3 Å². The number of carbonyl (C=O) groups excluding carboxylic acids is 1. The Labute approximate surface area is 188 Å². The number of aromatic nitrogens is 2. The van der Waals surface area contributed by atoms with Crippen molar-refractivity contribution in [3.8, 4) is 11.3 Å². The number of amides is 2. The number of nitrogens with one attached hydrogen (secondary N) is 1. The molecule has 0 aliphatic carbocycles. The summed E-state index contributed by atoms with van der Waals surface area (Å²) in [6.07, 6.45) is 2.08. The average molecular weight is 457 g/mol.